The number of rotatable bonds is 3. The van der Waals surface area contributed by atoms with Crippen LogP contribution in [-0.4, -0.2) is 47.4 Å². The van der Waals surface area contributed by atoms with Crippen molar-refractivity contribution < 1.29 is 14.4 Å². The first-order valence-corrected chi connectivity index (χ1v) is 9.83. The fourth-order valence-corrected chi connectivity index (χ4v) is 5.33. The first kappa shape index (κ1) is 19.2. The highest BCUT2D eigenvalue weighted by atomic mass is 35.5. The molecular weight excluding hydrogens is 380 g/mol. The van der Waals surface area contributed by atoms with Gasteiger partial charge in [-0.1, -0.05) is 24.3 Å². The Bertz CT molecular complexity index is 819. The standard InChI is InChI=1S/C20H24N4O3.ClH/c25-17(22-15-9-13-5-6-14(10-15)21-13)11-24-18(26)20(23-19(24)27)8-7-12-3-1-2-4-16(12)20;/h1-4,13-15,21H,5-11H2,(H,22,25)(H,23,27);1H. The SMILES string of the molecule is Cl.O=C(CN1C(=O)NC2(CCc3ccccc32)C1=O)NC1CC2CCC(C1)N2. The summed E-state index contributed by atoms with van der Waals surface area (Å²) < 4.78 is 0. The molecule has 5 rings (SSSR count). The lowest BCUT2D eigenvalue weighted by Crippen LogP contribution is -2.51. The second kappa shape index (κ2) is 7.04. The van der Waals surface area contributed by atoms with Gasteiger partial charge in [-0.15, -0.1) is 12.4 Å². The van der Waals surface area contributed by atoms with Crippen LogP contribution in [-0.2, 0) is 21.5 Å². The summed E-state index contributed by atoms with van der Waals surface area (Å²) in [6.07, 6.45) is 5.45. The molecule has 3 heterocycles. The number of halogens is 1. The molecular formula is C20H25ClN4O3. The fourth-order valence-electron chi connectivity index (χ4n) is 5.33. The Balaban J connectivity index is 0.00000192. The van der Waals surface area contributed by atoms with E-state index in [2.05, 4.69) is 16.0 Å². The highest BCUT2D eigenvalue weighted by molar-refractivity contribution is 6.09. The third kappa shape index (κ3) is 2.97. The van der Waals surface area contributed by atoms with E-state index in [9.17, 15) is 14.4 Å². The summed E-state index contributed by atoms with van der Waals surface area (Å²) in [5, 5.41) is 9.44. The van der Waals surface area contributed by atoms with Crippen LogP contribution in [0.15, 0.2) is 24.3 Å². The van der Waals surface area contributed by atoms with E-state index in [1.165, 1.54) is 0 Å². The fraction of sp³-hybridized carbons (Fsp3) is 0.550. The van der Waals surface area contributed by atoms with Crippen LogP contribution in [0.3, 0.4) is 0 Å². The van der Waals surface area contributed by atoms with Crippen LogP contribution in [0.5, 0.6) is 0 Å². The van der Waals surface area contributed by atoms with Crippen molar-refractivity contribution in [2.24, 2.45) is 0 Å². The number of carbonyl (C=O) groups excluding carboxylic acids is 3. The van der Waals surface area contributed by atoms with Crippen molar-refractivity contribution in [3.63, 3.8) is 0 Å². The third-order valence-corrected chi connectivity index (χ3v) is 6.56. The minimum Gasteiger partial charge on any atom is -0.352 e. The molecule has 150 valence electrons. The molecule has 3 aliphatic heterocycles. The van der Waals surface area contributed by atoms with Gasteiger partial charge in [-0.05, 0) is 49.7 Å². The van der Waals surface area contributed by atoms with Gasteiger partial charge < -0.3 is 16.0 Å². The first-order valence-electron chi connectivity index (χ1n) is 9.83. The number of hydrogen-bond donors (Lipinski definition) is 3. The molecule has 4 aliphatic rings. The van der Waals surface area contributed by atoms with Crippen LogP contribution in [0.2, 0.25) is 0 Å². The second-order valence-corrected chi connectivity index (χ2v) is 8.26. The van der Waals surface area contributed by atoms with Crippen molar-refractivity contribution in [1.29, 1.82) is 0 Å². The Hall–Kier alpha value is -2.12. The molecule has 1 aromatic rings. The van der Waals surface area contributed by atoms with Crippen LogP contribution >= 0.6 is 12.4 Å². The monoisotopic (exact) mass is 404 g/mol. The van der Waals surface area contributed by atoms with Gasteiger partial charge in [0.2, 0.25) is 5.91 Å². The molecule has 0 saturated carbocycles. The Morgan fingerprint density at radius 3 is 2.64 bits per heavy atom. The molecule has 3 atom stereocenters. The summed E-state index contributed by atoms with van der Waals surface area (Å²) in [5.41, 5.74) is 0.950. The van der Waals surface area contributed by atoms with Crippen molar-refractivity contribution in [3.05, 3.63) is 35.4 Å². The number of benzene rings is 1. The predicted molar refractivity (Wildman–Crippen MR) is 105 cm³/mol. The number of carbonyl (C=O) groups is 3. The van der Waals surface area contributed by atoms with E-state index in [4.69, 9.17) is 0 Å². The van der Waals surface area contributed by atoms with E-state index in [1.807, 2.05) is 24.3 Å². The Morgan fingerprint density at radius 1 is 1.18 bits per heavy atom. The topological polar surface area (TPSA) is 90.5 Å². The van der Waals surface area contributed by atoms with E-state index in [0.29, 0.717) is 18.5 Å². The van der Waals surface area contributed by atoms with Crippen molar-refractivity contribution in [2.75, 3.05) is 6.54 Å². The summed E-state index contributed by atoms with van der Waals surface area (Å²) in [6, 6.07) is 8.31. The van der Waals surface area contributed by atoms with E-state index >= 15 is 0 Å². The van der Waals surface area contributed by atoms with Gasteiger partial charge in [0.15, 0.2) is 0 Å². The number of piperidine rings is 1. The molecule has 7 nitrogen and oxygen atoms in total. The second-order valence-electron chi connectivity index (χ2n) is 8.26. The molecule has 0 aromatic heterocycles. The first-order chi connectivity index (χ1) is 13.0. The van der Waals surface area contributed by atoms with E-state index < -0.39 is 11.6 Å². The van der Waals surface area contributed by atoms with Gasteiger partial charge in [0.25, 0.3) is 5.91 Å². The Kier molecular flexibility index (Phi) is 4.83. The Labute approximate surface area is 170 Å². The zero-order valence-corrected chi connectivity index (χ0v) is 16.4. The minimum atomic E-state index is -0.998. The summed E-state index contributed by atoms with van der Waals surface area (Å²) in [5.74, 6) is -0.564. The number of nitrogens with one attached hydrogen (secondary N) is 3. The largest absolute Gasteiger partial charge is 0.352 e. The molecule has 4 amide bonds. The number of hydrogen-bond acceptors (Lipinski definition) is 4. The molecule has 28 heavy (non-hydrogen) atoms. The highest BCUT2D eigenvalue weighted by Crippen LogP contribution is 2.41. The highest BCUT2D eigenvalue weighted by Gasteiger charge is 2.55. The van der Waals surface area contributed by atoms with E-state index in [1.54, 1.807) is 0 Å². The van der Waals surface area contributed by atoms with Gasteiger partial charge in [0.05, 0.1) is 0 Å². The molecule has 2 bridgehead atoms. The van der Waals surface area contributed by atoms with Gasteiger partial charge in [-0.2, -0.15) is 0 Å². The van der Waals surface area contributed by atoms with Gasteiger partial charge in [0, 0.05) is 18.1 Å². The molecule has 1 aliphatic carbocycles. The summed E-state index contributed by atoms with van der Waals surface area (Å²) in [6.45, 7) is -0.214. The van der Waals surface area contributed by atoms with Crippen LogP contribution in [0.25, 0.3) is 0 Å². The van der Waals surface area contributed by atoms with Crippen LogP contribution in [0.4, 0.5) is 4.79 Å². The molecule has 0 radical (unpaired) electrons. The molecule has 1 aromatic carbocycles. The summed E-state index contributed by atoms with van der Waals surface area (Å²) >= 11 is 0. The third-order valence-electron chi connectivity index (χ3n) is 6.56. The predicted octanol–water partition coefficient (Wildman–Crippen LogP) is 1.20. The average molecular weight is 405 g/mol. The molecule has 3 saturated heterocycles. The molecule has 3 unspecified atom stereocenters. The van der Waals surface area contributed by atoms with Gasteiger partial charge >= 0.3 is 6.03 Å². The summed E-state index contributed by atoms with van der Waals surface area (Å²) in [4.78, 5) is 39.2. The number of amides is 4. The van der Waals surface area contributed by atoms with Crippen LogP contribution in [0, 0.1) is 0 Å². The minimum absolute atomic E-state index is 0. The lowest BCUT2D eigenvalue weighted by molar-refractivity contribution is -0.135. The van der Waals surface area contributed by atoms with Gasteiger partial charge in [0.1, 0.15) is 12.1 Å². The maximum atomic E-state index is 13.1. The normalized spacial score (nSPS) is 32.9. The van der Waals surface area contributed by atoms with Crippen molar-refractivity contribution in [1.82, 2.24) is 20.9 Å². The molecule has 1 spiro atoms. The smallest absolute Gasteiger partial charge is 0.325 e. The zero-order valence-electron chi connectivity index (χ0n) is 15.6. The lowest BCUT2D eigenvalue weighted by atomic mass is 9.92. The number of nitrogens with zero attached hydrogens (tertiary/aromatic N) is 1. The lowest BCUT2D eigenvalue weighted by Gasteiger charge is -2.30. The van der Waals surface area contributed by atoms with E-state index in [-0.39, 0.29) is 36.8 Å². The zero-order chi connectivity index (χ0) is 18.6. The van der Waals surface area contributed by atoms with Crippen molar-refractivity contribution in [3.8, 4) is 0 Å². The van der Waals surface area contributed by atoms with Gasteiger partial charge in [-0.3, -0.25) is 14.5 Å². The quantitative estimate of drug-likeness (QED) is 0.660. The molecule has 3 fully saturated rings. The Morgan fingerprint density at radius 2 is 1.89 bits per heavy atom. The molecule has 8 heteroatoms. The number of aryl methyl sites for hydroxylation is 1. The molecule has 3 N–H and O–H groups in total. The van der Waals surface area contributed by atoms with Crippen LogP contribution in [0.1, 0.15) is 43.2 Å². The maximum Gasteiger partial charge on any atom is 0.325 e. The van der Waals surface area contributed by atoms with Crippen molar-refractivity contribution >= 4 is 30.3 Å². The van der Waals surface area contributed by atoms with Crippen LogP contribution < -0.4 is 16.0 Å². The number of imide groups is 1. The number of urea groups is 1. The van der Waals surface area contributed by atoms with E-state index in [0.717, 1.165) is 48.1 Å². The maximum absolute atomic E-state index is 13.1. The average Bonchev–Trinajstić information content (AvgIpc) is 3.26. The van der Waals surface area contributed by atoms with Gasteiger partial charge in [-0.25, -0.2) is 4.79 Å². The summed E-state index contributed by atoms with van der Waals surface area (Å²) in [7, 11) is 0. The van der Waals surface area contributed by atoms with Crippen molar-refractivity contribution in [2.45, 2.75) is 62.2 Å². The number of fused-ring (bicyclic) bond motifs is 4.